The van der Waals surface area contributed by atoms with Gasteiger partial charge in [-0.15, -0.1) is 0 Å². The lowest BCUT2D eigenvalue weighted by Crippen LogP contribution is -2.14. The fraction of sp³-hybridized carbons (Fsp3) is 0.357. The number of hydrogen-bond acceptors (Lipinski definition) is 2. The maximum atomic E-state index is 6.27. The zero-order chi connectivity index (χ0) is 13.1. The molecule has 2 N–H and O–H groups in total. The molecule has 2 aromatic rings. The SMILES string of the molecule is Cc1c(Br)cccc1C(N)CCc1nccn1C. The first-order valence-electron chi connectivity index (χ1n) is 6.06. The molecule has 1 unspecified atom stereocenters. The van der Waals surface area contributed by atoms with Crippen LogP contribution in [0.5, 0.6) is 0 Å². The lowest BCUT2D eigenvalue weighted by molar-refractivity contribution is 0.618. The van der Waals surface area contributed by atoms with Gasteiger partial charge in [-0.05, 0) is 30.5 Å². The maximum absolute atomic E-state index is 6.27. The van der Waals surface area contributed by atoms with Crippen LogP contribution in [0, 0.1) is 6.92 Å². The van der Waals surface area contributed by atoms with Crippen LogP contribution in [0.1, 0.15) is 29.4 Å². The van der Waals surface area contributed by atoms with E-state index in [-0.39, 0.29) is 6.04 Å². The van der Waals surface area contributed by atoms with Gasteiger partial charge in [-0.3, -0.25) is 0 Å². The van der Waals surface area contributed by atoms with Crippen LogP contribution in [0.4, 0.5) is 0 Å². The van der Waals surface area contributed by atoms with Gasteiger partial charge in [0, 0.05) is 36.4 Å². The van der Waals surface area contributed by atoms with E-state index in [9.17, 15) is 0 Å². The molecule has 1 aromatic heterocycles. The van der Waals surface area contributed by atoms with Crippen LogP contribution in [0.15, 0.2) is 35.1 Å². The Morgan fingerprint density at radius 1 is 1.44 bits per heavy atom. The van der Waals surface area contributed by atoms with Crippen molar-refractivity contribution in [2.45, 2.75) is 25.8 Å². The van der Waals surface area contributed by atoms with Crippen molar-refractivity contribution in [3.8, 4) is 0 Å². The Bertz CT molecular complexity index is 534. The van der Waals surface area contributed by atoms with Crippen molar-refractivity contribution in [2.24, 2.45) is 12.8 Å². The normalized spacial score (nSPS) is 12.7. The third kappa shape index (κ3) is 2.82. The van der Waals surface area contributed by atoms with Crippen LogP contribution < -0.4 is 5.73 Å². The van der Waals surface area contributed by atoms with Gasteiger partial charge in [-0.25, -0.2) is 4.98 Å². The lowest BCUT2D eigenvalue weighted by atomic mass is 9.98. The summed E-state index contributed by atoms with van der Waals surface area (Å²) in [5.41, 5.74) is 8.71. The number of imidazole rings is 1. The van der Waals surface area contributed by atoms with Crippen LogP contribution in [0.3, 0.4) is 0 Å². The Hall–Kier alpha value is -1.13. The summed E-state index contributed by atoms with van der Waals surface area (Å²) in [6, 6.07) is 6.24. The summed E-state index contributed by atoms with van der Waals surface area (Å²) in [5.74, 6) is 1.08. The summed E-state index contributed by atoms with van der Waals surface area (Å²) in [7, 11) is 2.01. The van der Waals surface area contributed by atoms with Crippen LogP contribution in [-0.2, 0) is 13.5 Å². The molecule has 0 aliphatic carbocycles. The molecule has 4 heteroatoms. The minimum Gasteiger partial charge on any atom is -0.338 e. The van der Waals surface area contributed by atoms with E-state index in [4.69, 9.17) is 5.73 Å². The molecule has 3 nitrogen and oxygen atoms in total. The molecule has 2 rings (SSSR count). The zero-order valence-electron chi connectivity index (χ0n) is 10.7. The van der Waals surface area contributed by atoms with Crippen molar-refractivity contribution in [2.75, 3.05) is 0 Å². The minimum absolute atomic E-state index is 0.0548. The monoisotopic (exact) mass is 307 g/mol. The van der Waals surface area contributed by atoms with Crippen LogP contribution in [0.2, 0.25) is 0 Å². The highest BCUT2D eigenvalue weighted by atomic mass is 79.9. The van der Waals surface area contributed by atoms with Crippen LogP contribution in [-0.4, -0.2) is 9.55 Å². The van der Waals surface area contributed by atoms with Gasteiger partial charge in [0.15, 0.2) is 0 Å². The molecule has 1 heterocycles. The van der Waals surface area contributed by atoms with Crippen molar-refractivity contribution >= 4 is 15.9 Å². The van der Waals surface area contributed by atoms with Gasteiger partial charge in [-0.2, -0.15) is 0 Å². The lowest BCUT2D eigenvalue weighted by Gasteiger charge is -2.15. The van der Waals surface area contributed by atoms with Crippen molar-refractivity contribution in [1.82, 2.24) is 9.55 Å². The van der Waals surface area contributed by atoms with E-state index in [1.807, 2.05) is 36.1 Å². The second kappa shape index (κ2) is 5.67. The molecule has 0 fully saturated rings. The average molecular weight is 308 g/mol. The highest BCUT2D eigenvalue weighted by molar-refractivity contribution is 9.10. The minimum atomic E-state index is 0.0548. The second-order valence-corrected chi connectivity index (χ2v) is 5.41. The number of nitrogens with two attached hydrogens (primary N) is 1. The molecule has 0 spiro atoms. The summed E-state index contributed by atoms with van der Waals surface area (Å²) in [6.45, 7) is 2.10. The maximum Gasteiger partial charge on any atom is 0.108 e. The molecule has 96 valence electrons. The van der Waals surface area contributed by atoms with Gasteiger partial charge >= 0.3 is 0 Å². The Morgan fingerprint density at radius 3 is 2.89 bits per heavy atom. The summed E-state index contributed by atoms with van der Waals surface area (Å²) >= 11 is 3.54. The number of aryl methyl sites for hydroxylation is 2. The van der Waals surface area contributed by atoms with Gasteiger partial charge in [0.05, 0.1) is 0 Å². The van der Waals surface area contributed by atoms with Crippen molar-refractivity contribution in [1.29, 1.82) is 0 Å². The molecule has 0 saturated carbocycles. The molecule has 0 bridgehead atoms. The van der Waals surface area contributed by atoms with Gasteiger partial charge in [-0.1, -0.05) is 28.1 Å². The van der Waals surface area contributed by atoms with Gasteiger partial charge in [0.1, 0.15) is 5.82 Å². The van der Waals surface area contributed by atoms with E-state index in [1.54, 1.807) is 0 Å². The number of halogens is 1. The first-order chi connectivity index (χ1) is 8.59. The van der Waals surface area contributed by atoms with Gasteiger partial charge in [0.25, 0.3) is 0 Å². The quantitative estimate of drug-likeness (QED) is 0.943. The second-order valence-electron chi connectivity index (χ2n) is 4.55. The van der Waals surface area contributed by atoms with Gasteiger partial charge < -0.3 is 10.3 Å². The van der Waals surface area contributed by atoms with E-state index in [0.717, 1.165) is 23.1 Å². The predicted octanol–water partition coefficient (Wildman–Crippen LogP) is 3.12. The van der Waals surface area contributed by atoms with Gasteiger partial charge in [0.2, 0.25) is 0 Å². The van der Waals surface area contributed by atoms with Crippen molar-refractivity contribution < 1.29 is 0 Å². The highest BCUT2D eigenvalue weighted by Gasteiger charge is 2.11. The molecule has 0 aliphatic rings. The standard InChI is InChI=1S/C14H18BrN3/c1-10-11(4-3-5-12(10)15)13(16)6-7-14-17-8-9-18(14)2/h3-5,8-9,13H,6-7,16H2,1-2H3. The third-order valence-corrected chi connectivity index (χ3v) is 4.17. The molecule has 0 amide bonds. The van der Waals surface area contributed by atoms with Crippen molar-refractivity contribution in [3.05, 3.63) is 52.0 Å². The molecular weight excluding hydrogens is 290 g/mol. The Kier molecular flexibility index (Phi) is 4.19. The molecule has 1 aromatic carbocycles. The fourth-order valence-corrected chi connectivity index (χ4v) is 2.48. The third-order valence-electron chi connectivity index (χ3n) is 3.31. The predicted molar refractivity (Wildman–Crippen MR) is 77.3 cm³/mol. The molecule has 0 radical (unpaired) electrons. The number of nitrogens with zero attached hydrogens (tertiary/aromatic N) is 2. The van der Waals surface area contributed by atoms with E-state index in [0.29, 0.717) is 0 Å². The topological polar surface area (TPSA) is 43.8 Å². The van der Waals surface area contributed by atoms with E-state index < -0.39 is 0 Å². The molecule has 0 aliphatic heterocycles. The first kappa shape index (κ1) is 13.3. The number of benzene rings is 1. The van der Waals surface area contributed by atoms with E-state index in [2.05, 4.69) is 33.9 Å². The molecule has 18 heavy (non-hydrogen) atoms. The Morgan fingerprint density at radius 2 is 2.22 bits per heavy atom. The summed E-state index contributed by atoms with van der Waals surface area (Å²) in [4.78, 5) is 4.32. The zero-order valence-corrected chi connectivity index (χ0v) is 12.3. The van der Waals surface area contributed by atoms with Crippen LogP contribution >= 0.6 is 15.9 Å². The fourth-order valence-electron chi connectivity index (χ4n) is 2.10. The summed E-state index contributed by atoms with van der Waals surface area (Å²) in [6.07, 6.45) is 5.59. The summed E-state index contributed by atoms with van der Waals surface area (Å²) < 4.78 is 3.16. The Labute approximate surface area is 116 Å². The average Bonchev–Trinajstić information content (AvgIpc) is 2.75. The van der Waals surface area contributed by atoms with E-state index >= 15 is 0 Å². The van der Waals surface area contributed by atoms with Crippen molar-refractivity contribution in [3.63, 3.8) is 0 Å². The number of hydrogen-bond donors (Lipinski definition) is 1. The number of rotatable bonds is 4. The molecule has 1 atom stereocenters. The summed E-state index contributed by atoms with van der Waals surface area (Å²) in [5, 5.41) is 0. The molecular formula is C14H18BrN3. The van der Waals surface area contributed by atoms with Crippen LogP contribution in [0.25, 0.3) is 0 Å². The number of aromatic nitrogens is 2. The van der Waals surface area contributed by atoms with E-state index in [1.165, 1.54) is 11.1 Å². The highest BCUT2D eigenvalue weighted by Crippen LogP contribution is 2.25. The largest absolute Gasteiger partial charge is 0.338 e. The smallest absolute Gasteiger partial charge is 0.108 e. The molecule has 0 saturated heterocycles. The first-order valence-corrected chi connectivity index (χ1v) is 6.85. The Balaban J connectivity index is 2.06.